The Kier molecular flexibility index (Phi) is 4.86. The first kappa shape index (κ1) is 17.8. The van der Waals surface area contributed by atoms with Crippen LogP contribution in [0.5, 0.6) is 0 Å². The van der Waals surface area contributed by atoms with E-state index in [1.807, 2.05) is 0 Å². The molecule has 0 bridgehead atoms. The predicted molar refractivity (Wildman–Crippen MR) is 96.1 cm³/mol. The van der Waals surface area contributed by atoms with Gasteiger partial charge in [-0.15, -0.1) is 0 Å². The van der Waals surface area contributed by atoms with E-state index in [1.165, 1.54) is 40.3 Å². The maximum absolute atomic E-state index is 13.0. The number of ketones is 1. The van der Waals surface area contributed by atoms with E-state index in [9.17, 15) is 19.1 Å². The average Bonchev–Trinajstić information content (AvgIpc) is 2.89. The number of aliphatic hydroxyl groups excluding tert-OH is 1. The van der Waals surface area contributed by atoms with Gasteiger partial charge in [-0.25, -0.2) is 9.18 Å². The molecule has 26 heavy (non-hydrogen) atoms. The molecule has 3 rings (SSSR count). The molecule has 0 aliphatic heterocycles. The number of carbonyl (C=O) groups excluding carboxylic acids is 1. The second-order valence-electron chi connectivity index (χ2n) is 6.21. The van der Waals surface area contributed by atoms with Crippen LogP contribution < -0.4 is 5.69 Å². The molecular weight excluding hydrogens is 335 g/mol. The number of aromatic nitrogens is 2. The Morgan fingerprint density at radius 3 is 2.31 bits per heavy atom. The number of aliphatic hydroxyl groups is 1. The second-order valence-corrected chi connectivity index (χ2v) is 6.21. The molecule has 5 nitrogen and oxygen atoms in total. The van der Waals surface area contributed by atoms with Crippen LogP contribution in [-0.4, -0.2) is 20.0 Å². The molecule has 3 aromatic rings. The van der Waals surface area contributed by atoms with Crippen molar-refractivity contribution in [2.45, 2.75) is 26.5 Å². The SMILES string of the molecule is CC(=O)c1ccc(-n2c(C)cn(CC(O)c3ccc(F)cc3)c2=O)cc1. The van der Waals surface area contributed by atoms with Gasteiger partial charge in [0.1, 0.15) is 5.82 Å². The molecule has 0 radical (unpaired) electrons. The summed E-state index contributed by atoms with van der Waals surface area (Å²) in [4.78, 5) is 24.1. The quantitative estimate of drug-likeness (QED) is 0.717. The van der Waals surface area contributed by atoms with Crippen molar-refractivity contribution in [3.05, 3.63) is 87.9 Å². The Labute approximate surface area is 150 Å². The summed E-state index contributed by atoms with van der Waals surface area (Å²) in [7, 11) is 0. The summed E-state index contributed by atoms with van der Waals surface area (Å²) in [5.74, 6) is -0.422. The Hall–Kier alpha value is -2.99. The molecule has 1 aromatic heterocycles. The third-order valence-electron chi connectivity index (χ3n) is 4.29. The number of Topliss-reactive ketones (excluding diaryl/α,β-unsaturated/α-hetero) is 1. The summed E-state index contributed by atoms with van der Waals surface area (Å²) in [6.07, 6.45) is 0.733. The molecule has 0 amide bonds. The first-order chi connectivity index (χ1) is 12.4. The van der Waals surface area contributed by atoms with E-state index in [-0.39, 0.29) is 23.8 Å². The van der Waals surface area contributed by atoms with Gasteiger partial charge < -0.3 is 5.11 Å². The second kappa shape index (κ2) is 7.09. The fourth-order valence-electron chi connectivity index (χ4n) is 2.88. The lowest BCUT2D eigenvalue weighted by atomic mass is 10.1. The Balaban J connectivity index is 1.89. The molecular formula is C20H19FN2O3. The molecule has 2 aromatic carbocycles. The highest BCUT2D eigenvalue weighted by Gasteiger charge is 2.15. The van der Waals surface area contributed by atoms with Gasteiger partial charge in [-0.3, -0.25) is 13.9 Å². The van der Waals surface area contributed by atoms with Crippen LogP contribution in [0.1, 0.15) is 34.6 Å². The predicted octanol–water partition coefficient (Wildman–Crippen LogP) is 3.02. The van der Waals surface area contributed by atoms with Gasteiger partial charge in [0.25, 0.3) is 0 Å². The molecule has 1 atom stereocenters. The Bertz CT molecular complexity index is 985. The number of benzene rings is 2. The molecule has 134 valence electrons. The largest absolute Gasteiger partial charge is 0.387 e. The number of hydrogen-bond acceptors (Lipinski definition) is 3. The van der Waals surface area contributed by atoms with Crippen LogP contribution in [0.4, 0.5) is 4.39 Å². The molecule has 0 fully saturated rings. The van der Waals surface area contributed by atoms with Gasteiger partial charge in [0.2, 0.25) is 0 Å². The van der Waals surface area contributed by atoms with Gasteiger partial charge in [-0.1, -0.05) is 12.1 Å². The molecule has 0 spiro atoms. The highest BCUT2D eigenvalue weighted by Crippen LogP contribution is 2.16. The zero-order valence-electron chi connectivity index (χ0n) is 14.5. The highest BCUT2D eigenvalue weighted by atomic mass is 19.1. The Morgan fingerprint density at radius 2 is 1.73 bits per heavy atom. The van der Waals surface area contributed by atoms with Crippen LogP contribution >= 0.6 is 0 Å². The van der Waals surface area contributed by atoms with E-state index in [1.54, 1.807) is 37.4 Å². The minimum absolute atomic E-state index is 0.0411. The van der Waals surface area contributed by atoms with Crippen LogP contribution in [-0.2, 0) is 6.54 Å². The molecule has 1 unspecified atom stereocenters. The van der Waals surface area contributed by atoms with Gasteiger partial charge in [-0.05, 0) is 55.8 Å². The van der Waals surface area contributed by atoms with Crippen LogP contribution in [0.15, 0.2) is 59.5 Å². The third-order valence-corrected chi connectivity index (χ3v) is 4.29. The lowest BCUT2D eigenvalue weighted by Crippen LogP contribution is -2.25. The van der Waals surface area contributed by atoms with E-state index < -0.39 is 6.10 Å². The molecule has 0 saturated heterocycles. The smallest absolute Gasteiger partial charge is 0.333 e. The van der Waals surface area contributed by atoms with Crippen molar-refractivity contribution in [3.8, 4) is 5.69 Å². The van der Waals surface area contributed by atoms with Crippen LogP contribution in [0.2, 0.25) is 0 Å². The number of carbonyl (C=O) groups is 1. The number of nitrogens with zero attached hydrogens (tertiary/aromatic N) is 2. The van der Waals surface area contributed by atoms with E-state index in [0.717, 1.165) is 0 Å². The van der Waals surface area contributed by atoms with E-state index in [2.05, 4.69) is 0 Å². The minimum Gasteiger partial charge on any atom is -0.387 e. The third kappa shape index (κ3) is 3.50. The Morgan fingerprint density at radius 1 is 1.12 bits per heavy atom. The number of rotatable bonds is 5. The van der Waals surface area contributed by atoms with Crippen molar-refractivity contribution < 1.29 is 14.3 Å². The highest BCUT2D eigenvalue weighted by molar-refractivity contribution is 5.94. The summed E-state index contributed by atoms with van der Waals surface area (Å²) in [6.45, 7) is 3.34. The standard InChI is InChI=1S/C20H19FN2O3/c1-13-11-22(12-19(25)16-3-7-17(21)8-4-16)20(26)23(13)18-9-5-15(6-10-18)14(2)24/h3-11,19,25H,12H2,1-2H3. The maximum Gasteiger partial charge on any atom is 0.333 e. The fraction of sp³-hybridized carbons (Fsp3) is 0.200. The van der Waals surface area contributed by atoms with Crippen molar-refractivity contribution in [3.63, 3.8) is 0 Å². The monoisotopic (exact) mass is 354 g/mol. The fourth-order valence-corrected chi connectivity index (χ4v) is 2.88. The maximum atomic E-state index is 13.0. The number of aryl methyl sites for hydroxylation is 1. The van der Waals surface area contributed by atoms with Crippen molar-refractivity contribution in [1.29, 1.82) is 0 Å². The van der Waals surface area contributed by atoms with E-state index >= 15 is 0 Å². The van der Waals surface area contributed by atoms with E-state index in [0.29, 0.717) is 22.5 Å². The number of halogens is 1. The number of hydrogen-bond donors (Lipinski definition) is 1. The lowest BCUT2D eigenvalue weighted by Gasteiger charge is -2.11. The summed E-state index contributed by atoms with van der Waals surface area (Å²) >= 11 is 0. The van der Waals surface area contributed by atoms with Gasteiger partial charge in [0.05, 0.1) is 18.3 Å². The van der Waals surface area contributed by atoms with Gasteiger partial charge >= 0.3 is 5.69 Å². The molecule has 0 saturated carbocycles. The first-order valence-corrected chi connectivity index (χ1v) is 8.20. The average molecular weight is 354 g/mol. The molecule has 6 heteroatoms. The van der Waals surface area contributed by atoms with Crippen molar-refractivity contribution >= 4 is 5.78 Å². The van der Waals surface area contributed by atoms with Crippen molar-refractivity contribution in [2.24, 2.45) is 0 Å². The van der Waals surface area contributed by atoms with Crippen LogP contribution in [0, 0.1) is 12.7 Å². The molecule has 0 aliphatic rings. The molecule has 0 aliphatic carbocycles. The van der Waals surface area contributed by atoms with Gasteiger partial charge in [0, 0.05) is 17.5 Å². The zero-order valence-corrected chi connectivity index (χ0v) is 14.5. The van der Waals surface area contributed by atoms with Gasteiger partial charge in [-0.2, -0.15) is 0 Å². The summed E-state index contributed by atoms with van der Waals surface area (Å²) in [6, 6.07) is 12.3. The summed E-state index contributed by atoms with van der Waals surface area (Å²) < 4.78 is 15.9. The summed E-state index contributed by atoms with van der Waals surface area (Å²) in [5.41, 5.74) is 2.17. The molecule has 1 heterocycles. The minimum atomic E-state index is -0.927. The van der Waals surface area contributed by atoms with E-state index in [4.69, 9.17) is 0 Å². The molecule has 1 N–H and O–H groups in total. The topological polar surface area (TPSA) is 64.2 Å². The van der Waals surface area contributed by atoms with Crippen LogP contribution in [0.25, 0.3) is 5.69 Å². The van der Waals surface area contributed by atoms with Crippen molar-refractivity contribution in [2.75, 3.05) is 0 Å². The zero-order chi connectivity index (χ0) is 18.8. The van der Waals surface area contributed by atoms with Crippen molar-refractivity contribution in [1.82, 2.24) is 9.13 Å². The summed E-state index contributed by atoms with van der Waals surface area (Å²) in [5, 5.41) is 10.3. The van der Waals surface area contributed by atoms with Gasteiger partial charge in [0.15, 0.2) is 5.78 Å². The first-order valence-electron chi connectivity index (χ1n) is 8.20. The lowest BCUT2D eigenvalue weighted by molar-refractivity contribution is 0.101. The van der Waals surface area contributed by atoms with Crippen LogP contribution in [0.3, 0.4) is 0 Å². The normalized spacial score (nSPS) is 12.2. The number of imidazole rings is 1.